The Bertz CT molecular complexity index is 1090. The zero-order valence-electron chi connectivity index (χ0n) is 62.6. The van der Waals surface area contributed by atoms with E-state index in [9.17, 15) is 5.11 Å². The summed E-state index contributed by atoms with van der Waals surface area (Å²) >= 11 is 3.49. The summed E-state index contributed by atoms with van der Waals surface area (Å²) < 4.78 is 18.8. The summed E-state index contributed by atoms with van der Waals surface area (Å²) in [6.07, 6.45) is 89.7. The molecule has 92 heavy (non-hydrogen) atoms. The molecular formula is C83H173BrO8. The Kier molecular flexibility index (Phi) is 95.5. The molecule has 0 fully saturated rings. The van der Waals surface area contributed by atoms with Crippen LogP contribution in [0.25, 0.3) is 0 Å². The van der Waals surface area contributed by atoms with E-state index >= 15 is 0 Å². The normalized spacial score (nSPS) is 11.7. The van der Waals surface area contributed by atoms with Gasteiger partial charge in [-0.15, -0.1) is 0 Å². The highest BCUT2D eigenvalue weighted by molar-refractivity contribution is 9.09. The summed E-state index contributed by atoms with van der Waals surface area (Å²) in [5.74, 6) is 0. The van der Waals surface area contributed by atoms with Crippen LogP contribution < -0.4 is 0 Å². The maximum Gasteiger partial charge on any atom is 0.0635 e. The van der Waals surface area contributed by atoms with Crippen LogP contribution in [0.15, 0.2) is 0 Å². The van der Waals surface area contributed by atoms with E-state index in [0.717, 1.165) is 39.1 Å². The quantitative estimate of drug-likeness (QED) is 0.0301. The first-order valence-electron chi connectivity index (χ1n) is 41.2. The number of alkyl halides is 1. The van der Waals surface area contributed by atoms with Gasteiger partial charge in [0.1, 0.15) is 0 Å². The molecule has 0 aromatic carbocycles. The number of aliphatic hydroxyl groups is 5. The fraction of sp³-hybridized carbons (Fsp3) is 1.00. The van der Waals surface area contributed by atoms with E-state index in [1.807, 2.05) is 0 Å². The third kappa shape index (κ3) is 80.8. The van der Waals surface area contributed by atoms with Crippen LogP contribution in [0.2, 0.25) is 0 Å². The summed E-state index contributed by atoms with van der Waals surface area (Å²) in [5.41, 5.74) is -1.57. The van der Waals surface area contributed by atoms with Gasteiger partial charge in [0.2, 0.25) is 0 Å². The van der Waals surface area contributed by atoms with Crippen LogP contribution in [0, 0.1) is 10.8 Å². The van der Waals surface area contributed by atoms with Crippen LogP contribution in [0.4, 0.5) is 0 Å². The van der Waals surface area contributed by atoms with E-state index in [-0.39, 0.29) is 14.0 Å². The smallest absolute Gasteiger partial charge is 0.0635 e. The lowest BCUT2D eigenvalue weighted by atomic mass is 9.92. The lowest BCUT2D eigenvalue weighted by Gasteiger charge is -2.31. The Morgan fingerprint density at radius 2 is 0.326 bits per heavy atom. The van der Waals surface area contributed by atoms with Crippen LogP contribution in [0.5, 0.6) is 0 Å². The number of halogens is 1. The minimum absolute atomic E-state index is 0. The summed E-state index contributed by atoms with van der Waals surface area (Å²) in [5, 5.41) is 45.8. The minimum Gasteiger partial charge on any atom is -0.396 e. The molecule has 0 bridgehead atoms. The Balaban J connectivity index is -0.00000109. The standard InChI is InChI=1S/C59H120O4.C18H37Br.C5H12O4.CH4/c1-4-7-10-13-16-19-22-25-28-31-34-37-40-43-46-49-52-61-56-59(55-60,57-62-53-50-47-44-41-38-35-32-29-26-23-20-17-14-11-8-5-2)58-63-54-51-48-45-42-39-36-33-30-27-24-21-18-15-12-9-6-3;1-2-3-4-5-6-7-8-9-10-11-12-13-14-15-16-17-18-19;6-1-5(2-7,3-8)4-9;/h60H,4-58H2,1-3H3;2-18H2,1H3;6-9H,1-4H2;1H4. The predicted molar refractivity (Wildman–Crippen MR) is 411 cm³/mol. The van der Waals surface area contributed by atoms with Crippen LogP contribution in [-0.4, -0.2) is 104 Å². The molecule has 0 unspecified atom stereocenters. The molecule has 0 aliphatic carbocycles. The molecule has 0 saturated heterocycles. The maximum atomic E-state index is 10.7. The summed E-state index contributed by atoms with van der Waals surface area (Å²) in [6, 6.07) is 0. The van der Waals surface area contributed by atoms with Gasteiger partial charge in [0.15, 0.2) is 0 Å². The van der Waals surface area contributed by atoms with Crippen molar-refractivity contribution in [3.05, 3.63) is 0 Å². The molecule has 8 nitrogen and oxygen atoms in total. The number of ether oxygens (including phenoxy) is 3. The molecule has 0 spiro atoms. The minimum atomic E-state index is -1.11. The SMILES string of the molecule is C.CCCCCCCCCCCCCCCCCCBr.CCCCCCCCCCCCCCCCCCOCC(CO)(COCCCCCCCCCCCCCCCCCC)COCCCCCCCCCCCCCCCCCC.OCC(CO)(CO)CO. The van der Waals surface area contributed by atoms with E-state index < -0.39 is 37.3 Å². The first-order valence-corrected chi connectivity index (χ1v) is 42.4. The van der Waals surface area contributed by atoms with Crippen LogP contribution in [-0.2, 0) is 14.2 Å². The van der Waals surface area contributed by atoms with Gasteiger partial charge in [-0.2, -0.15) is 0 Å². The molecule has 0 aromatic heterocycles. The van der Waals surface area contributed by atoms with Gasteiger partial charge in [-0.25, -0.2) is 0 Å². The van der Waals surface area contributed by atoms with E-state index in [2.05, 4.69) is 43.6 Å². The molecular weight excluding hydrogens is 1200 g/mol. The topological polar surface area (TPSA) is 129 Å². The van der Waals surface area contributed by atoms with Gasteiger partial charge in [-0.1, -0.05) is 436 Å². The molecule has 0 radical (unpaired) electrons. The van der Waals surface area contributed by atoms with E-state index in [1.54, 1.807) is 0 Å². The van der Waals surface area contributed by atoms with Crippen LogP contribution >= 0.6 is 15.9 Å². The lowest BCUT2D eigenvalue weighted by Crippen LogP contribution is -2.41. The third-order valence-electron chi connectivity index (χ3n) is 19.3. The fourth-order valence-corrected chi connectivity index (χ4v) is 12.7. The molecule has 0 amide bonds. The van der Waals surface area contributed by atoms with Crippen molar-refractivity contribution in [2.24, 2.45) is 10.8 Å². The molecule has 0 saturated carbocycles. The van der Waals surface area contributed by atoms with Gasteiger partial charge in [0.25, 0.3) is 0 Å². The largest absolute Gasteiger partial charge is 0.396 e. The molecule has 0 heterocycles. The molecule has 0 aromatic rings. The van der Waals surface area contributed by atoms with Crippen molar-refractivity contribution in [3.8, 4) is 0 Å². The molecule has 560 valence electrons. The van der Waals surface area contributed by atoms with Crippen molar-refractivity contribution in [1.29, 1.82) is 0 Å². The van der Waals surface area contributed by atoms with Gasteiger partial charge in [-0.3, -0.25) is 0 Å². The molecule has 5 N–H and O–H groups in total. The number of aliphatic hydroxyl groups excluding tert-OH is 5. The van der Waals surface area contributed by atoms with E-state index in [4.69, 9.17) is 34.6 Å². The van der Waals surface area contributed by atoms with Gasteiger partial charge in [-0.05, 0) is 25.7 Å². The molecule has 0 aliphatic heterocycles. The van der Waals surface area contributed by atoms with Gasteiger partial charge in [0, 0.05) is 25.2 Å². The highest BCUT2D eigenvalue weighted by Crippen LogP contribution is 2.23. The van der Waals surface area contributed by atoms with Gasteiger partial charge < -0.3 is 39.7 Å². The number of hydrogen-bond donors (Lipinski definition) is 5. The van der Waals surface area contributed by atoms with Crippen molar-refractivity contribution in [3.63, 3.8) is 0 Å². The summed E-state index contributed by atoms with van der Waals surface area (Å²) in [6.45, 7) is 11.5. The van der Waals surface area contributed by atoms with Crippen molar-refractivity contribution < 1.29 is 39.7 Å². The zero-order chi connectivity index (χ0) is 66.9. The van der Waals surface area contributed by atoms with Crippen molar-refractivity contribution in [2.45, 2.75) is 446 Å². The van der Waals surface area contributed by atoms with Crippen LogP contribution in [0.3, 0.4) is 0 Å². The van der Waals surface area contributed by atoms with Gasteiger partial charge >= 0.3 is 0 Å². The van der Waals surface area contributed by atoms with Crippen molar-refractivity contribution in [2.75, 3.05) is 78.0 Å². The molecule has 9 heteroatoms. The third-order valence-corrected chi connectivity index (χ3v) is 19.9. The average molecular weight is 1380 g/mol. The first kappa shape index (κ1) is 98.5. The lowest BCUT2D eigenvalue weighted by molar-refractivity contribution is -0.0937. The maximum absolute atomic E-state index is 10.7. The monoisotopic (exact) mass is 1380 g/mol. The number of unbranched alkanes of at least 4 members (excludes halogenated alkanes) is 60. The predicted octanol–water partition coefficient (Wildman–Crippen LogP) is 26.0. The molecule has 0 aliphatic rings. The van der Waals surface area contributed by atoms with Crippen LogP contribution in [0.1, 0.15) is 446 Å². The Hall–Kier alpha value is 0.160. The summed E-state index contributed by atoms with van der Waals surface area (Å²) in [4.78, 5) is 0. The highest BCUT2D eigenvalue weighted by atomic mass is 79.9. The highest BCUT2D eigenvalue weighted by Gasteiger charge is 2.31. The first-order chi connectivity index (χ1) is 44.9. The van der Waals surface area contributed by atoms with E-state index in [0.29, 0.717) is 19.8 Å². The Morgan fingerprint density at radius 3 is 0.446 bits per heavy atom. The molecule has 0 atom stereocenters. The van der Waals surface area contributed by atoms with Crippen molar-refractivity contribution >= 4 is 15.9 Å². The second-order valence-corrected chi connectivity index (χ2v) is 29.6. The Morgan fingerprint density at radius 1 is 0.196 bits per heavy atom. The number of rotatable bonds is 78. The zero-order valence-corrected chi connectivity index (χ0v) is 64.2. The van der Waals surface area contributed by atoms with E-state index in [1.165, 1.54) is 397 Å². The number of hydrogen-bond acceptors (Lipinski definition) is 8. The fourth-order valence-electron chi connectivity index (χ4n) is 12.3. The second kappa shape index (κ2) is 89.2. The summed E-state index contributed by atoms with van der Waals surface area (Å²) in [7, 11) is 0. The second-order valence-electron chi connectivity index (χ2n) is 28.9. The molecule has 0 rings (SSSR count). The van der Waals surface area contributed by atoms with Gasteiger partial charge in [0.05, 0.1) is 63.7 Å². The Labute approximate surface area is 587 Å². The van der Waals surface area contributed by atoms with Crippen molar-refractivity contribution in [1.82, 2.24) is 0 Å². The average Bonchev–Trinajstić information content (AvgIpc) is 1.26.